The first-order valence-corrected chi connectivity index (χ1v) is 11.7. The standard InChI is InChI=1S/C27H36N2O/c1-21-5-7-22(8-6-21)19-29-16-13-24(4-2-3-17-30)27(20-29)26-10-9-23-11-14-28-15-12-25(23)18-26/h5-10,12,15,17-18,23-25,27-28H,2-4,11,13-14,16,19-20H2,1H3. The molecule has 1 N–H and O–H groups in total. The number of nitrogens with zero attached hydrogens (tertiary/aromatic N) is 1. The van der Waals surface area contributed by atoms with Crippen molar-refractivity contribution in [2.75, 3.05) is 19.6 Å². The van der Waals surface area contributed by atoms with E-state index >= 15 is 0 Å². The molecule has 2 heterocycles. The van der Waals surface area contributed by atoms with Gasteiger partial charge in [0.25, 0.3) is 0 Å². The minimum Gasteiger partial charge on any atom is -0.391 e. The summed E-state index contributed by atoms with van der Waals surface area (Å²) < 4.78 is 0. The summed E-state index contributed by atoms with van der Waals surface area (Å²) in [6.07, 6.45) is 18.3. The lowest BCUT2D eigenvalue weighted by atomic mass is 9.73. The minimum atomic E-state index is 0.517. The van der Waals surface area contributed by atoms with Crippen molar-refractivity contribution in [2.24, 2.45) is 23.7 Å². The highest BCUT2D eigenvalue weighted by Gasteiger charge is 2.32. The monoisotopic (exact) mass is 404 g/mol. The second-order valence-corrected chi connectivity index (χ2v) is 9.34. The van der Waals surface area contributed by atoms with Crippen LogP contribution in [0.2, 0.25) is 0 Å². The van der Waals surface area contributed by atoms with E-state index in [1.54, 1.807) is 0 Å². The number of aldehydes is 1. The molecule has 3 heteroatoms. The fraction of sp³-hybridized carbons (Fsp3) is 0.519. The van der Waals surface area contributed by atoms with Gasteiger partial charge in [0.05, 0.1) is 0 Å². The predicted octanol–water partition coefficient (Wildman–Crippen LogP) is 5.04. The Hall–Kier alpha value is -2.13. The average Bonchev–Trinajstić information content (AvgIpc) is 3.01. The van der Waals surface area contributed by atoms with E-state index in [1.807, 2.05) is 0 Å². The van der Waals surface area contributed by atoms with Crippen molar-refractivity contribution >= 4 is 6.29 Å². The van der Waals surface area contributed by atoms with Crippen LogP contribution in [0.1, 0.15) is 43.2 Å². The van der Waals surface area contributed by atoms with Gasteiger partial charge in [-0.15, -0.1) is 0 Å². The van der Waals surface area contributed by atoms with Crippen LogP contribution in [0.15, 0.2) is 60.3 Å². The molecule has 0 radical (unpaired) electrons. The van der Waals surface area contributed by atoms with Gasteiger partial charge < -0.3 is 10.1 Å². The lowest BCUT2D eigenvalue weighted by Crippen LogP contribution is -2.41. The van der Waals surface area contributed by atoms with Crippen molar-refractivity contribution in [3.63, 3.8) is 0 Å². The van der Waals surface area contributed by atoms with Gasteiger partial charge in [0.1, 0.15) is 6.29 Å². The van der Waals surface area contributed by atoms with E-state index in [2.05, 4.69) is 71.9 Å². The zero-order valence-electron chi connectivity index (χ0n) is 18.3. The van der Waals surface area contributed by atoms with Crippen LogP contribution in [0.5, 0.6) is 0 Å². The fourth-order valence-electron chi connectivity index (χ4n) is 5.36. The van der Waals surface area contributed by atoms with Crippen molar-refractivity contribution < 1.29 is 4.79 Å². The molecule has 1 aliphatic carbocycles. The summed E-state index contributed by atoms with van der Waals surface area (Å²) >= 11 is 0. The highest BCUT2D eigenvalue weighted by Crippen LogP contribution is 2.38. The molecular formula is C27H36N2O. The number of rotatable bonds is 7. The molecule has 1 saturated heterocycles. The van der Waals surface area contributed by atoms with Gasteiger partial charge in [-0.3, -0.25) is 4.90 Å². The molecule has 4 unspecified atom stereocenters. The maximum Gasteiger partial charge on any atom is 0.119 e. The lowest BCUT2D eigenvalue weighted by molar-refractivity contribution is -0.108. The first-order chi connectivity index (χ1) is 14.7. The van der Waals surface area contributed by atoms with Crippen LogP contribution in [-0.4, -0.2) is 30.8 Å². The van der Waals surface area contributed by atoms with Gasteiger partial charge >= 0.3 is 0 Å². The number of nitrogens with one attached hydrogen (secondary N) is 1. The number of hydrogen-bond acceptors (Lipinski definition) is 3. The number of unbranched alkanes of at least 4 members (excludes halogenated alkanes) is 1. The zero-order chi connectivity index (χ0) is 20.8. The van der Waals surface area contributed by atoms with Crippen LogP contribution in [0, 0.1) is 30.6 Å². The zero-order valence-corrected chi connectivity index (χ0v) is 18.3. The summed E-state index contributed by atoms with van der Waals surface area (Å²) in [5.74, 6) is 2.39. The molecule has 30 heavy (non-hydrogen) atoms. The van der Waals surface area contributed by atoms with E-state index in [-0.39, 0.29) is 0 Å². The van der Waals surface area contributed by atoms with E-state index < -0.39 is 0 Å². The molecule has 2 aliphatic heterocycles. The number of hydrogen-bond donors (Lipinski definition) is 1. The quantitative estimate of drug-likeness (QED) is 0.510. The van der Waals surface area contributed by atoms with Crippen molar-refractivity contribution in [2.45, 2.75) is 45.6 Å². The first-order valence-electron chi connectivity index (χ1n) is 11.7. The maximum absolute atomic E-state index is 10.9. The third kappa shape index (κ3) is 5.31. The van der Waals surface area contributed by atoms with Gasteiger partial charge in [0.15, 0.2) is 0 Å². The number of allylic oxidation sites excluding steroid dienone is 4. The number of carbonyl (C=O) groups is 1. The van der Waals surface area contributed by atoms with Crippen LogP contribution < -0.4 is 5.32 Å². The van der Waals surface area contributed by atoms with E-state index in [0.29, 0.717) is 30.1 Å². The Labute approximate surface area is 181 Å². The number of aryl methyl sites for hydroxylation is 1. The summed E-state index contributed by atoms with van der Waals surface area (Å²) in [7, 11) is 0. The Balaban J connectivity index is 1.49. The van der Waals surface area contributed by atoms with Crippen LogP contribution in [0.4, 0.5) is 0 Å². The summed E-state index contributed by atoms with van der Waals surface area (Å²) in [6, 6.07) is 8.98. The van der Waals surface area contributed by atoms with E-state index in [0.717, 1.165) is 38.9 Å². The van der Waals surface area contributed by atoms with E-state index in [4.69, 9.17) is 0 Å². The Bertz CT molecular complexity index is 792. The van der Waals surface area contributed by atoms with Crippen molar-refractivity contribution in [3.8, 4) is 0 Å². The van der Waals surface area contributed by atoms with Crippen LogP contribution in [0.25, 0.3) is 0 Å². The molecule has 0 saturated carbocycles. The minimum absolute atomic E-state index is 0.517. The molecule has 4 atom stereocenters. The number of benzene rings is 1. The molecule has 1 aromatic rings. The molecule has 160 valence electrons. The van der Waals surface area contributed by atoms with Crippen molar-refractivity contribution in [3.05, 3.63) is 71.5 Å². The number of carbonyl (C=O) groups excluding carboxylic acids is 1. The highest BCUT2D eigenvalue weighted by molar-refractivity contribution is 5.49. The molecular weight excluding hydrogens is 368 g/mol. The summed E-state index contributed by atoms with van der Waals surface area (Å²) in [5, 5.41) is 3.39. The predicted molar refractivity (Wildman–Crippen MR) is 124 cm³/mol. The largest absolute Gasteiger partial charge is 0.391 e. The van der Waals surface area contributed by atoms with Crippen LogP contribution >= 0.6 is 0 Å². The normalized spacial score (nSPS) is 28.9. The Kier molecular flexibility index (Phi) is 7.22. The SMILES string of the molecule is Cc1ccc(CN2CCC(CCCC=O)C(C3=CC4C=CNCCC4C=C3)C2)cc1. The van der Waals surface area contributed by atoms with Gasteiger partial charge in [0.2, 0.25) is 0 Å². The molecule has 0 aromatic heterocycles. The Morgan fingerprint density at radius 1 is 1.17 bits per heavy atom. The van der Waals surface area contributed by atoms with Gasteiger partial charge in [-0.2, -0.15) is 0 Å². The third-order valence-electron chi connectivity index (χ3n) is 7.17. The molecule has 0 bridgehead atoms. The van der Waals surface area contributed by atoms with Gasteiger partial charge in [0, 0.05) is 32.0 Å². The second-order valence-electron chi connectivity index (χ2n) is 9.34. The summed E-state index contributed by atoms with van der Waals surface area (Å²) in [5.41, 5.74) is 4.25. The van der Waals surface area contributed by atoms with Crippen LogP contribution in [-0.2, 0) is 11.3 Å². The van der Waals surface area contributed by atoms with Gasteiger partial charge in [-0.1, -0.05) is 54.1 Å². The number of piperidine rings is 1. The second kappa shape index (κ2) is 10.3. The van der Waals surface area contributed by atoms with Crippen molar-refractivity contribution in [1.82, 2.24) is 10.2 Å². The third-order valence-corrected chi connectivity index (χ3v) is 7.17. The van der Waals surface area contributed by atoms with Crippen LogP contribution in [0.3, 0.4) is 0 Å². The smallest absolute Gasteiger partial charge is 0.119 e. The lowest BCUT2D eigenvalue weighted by Gasteiger charge is -2.41. The molecule has 1 aromatic carbocycles. The molecule has 3 aliphatic rings. The Morgan fingerprint density at radius 2 is 2.03 bits per heavy atom. The molecule has 4 rings (SSSR count). The Morgan fingerprint density at radius 3 is 2.87 bits per heavy atom. The summed E-state index contributed by atoms with van der Waals surface area (Å²) in [4.78, 5) is 13.5. The first kappa shape index (κ1) is 21.1. The molecule has 3 nitrogen and oxygen atoms in total. The summed E-state index contributed by atoms with van der Waals surface area (Å²) in [6.45, 7) is 6.52. The van der Waals surface area contributed by atoms with E-state index in [9.17, 15) is 4.79 Å². The molecule has 0 spiro atoms. The number of fused-ring (bicyclic) bond motifs is 1. The fourth-order valence-corrected chi connectivity index (χ4v) is 5.36. The highest BCUT2D eigenvalue weighted by atomic mass is 16.1. The maximum atomic E-state index is 10.9. The van der Waals surface area contributed by atoms with E-state index in [1.165, 1.54) is 36.0 Å². The molecule has 1 fully saturated rings. The molecule has 0 amide bonds. The van der Waals surface area contributed by atoms with Gasteiger partial charge in [-0.05, 0) is 74.2 Å². The topological polar surface area (TPSA) is 32.3 Å². The van der Waals surface area contributed by atoms with Gasteiger partial charge in [-0.25, -0.2) is 0 Å². The average molecular weight is 405 g/mol. The number of likely N-dealkylation sites (tertiary alicyclic amines) is 1. The van der Waals surface area contributed by atoms with Crippen molar-refractivity contribution in [1.29, 1.82) is 0 Å².